The Morgan fingerprint density at radius 1 is 1.15 bits per heavy atom. The van der Waals surface area contributed by atoms with E-state index in [-0.39, 0.29) is 0 Å². The summed E-state index contributed by atoms with van der Waals surface area (Å²) in [5.74, 6) is 0.532. The third kappa shape index (κ3) is 5.66. The van der Waals surface area contributed by atoms with E-state index >= 15 is 0 Å². The van der Waals surface area contributed by atoms with Gasteiger partial charge in [-0.2, -0.15) is 5.10 Å². The Hall–Kier alpha value is -2.22. The van der Waals surface area contributed by atoms with E-state index in [0.717, 1.165) is 9.37 Å². The minimum Gasteiger partial charge on any atom is -0.448 e. The second-order valence-corrected chi connectivity index (χ2v) is 7.48. The van der Waals surface area contributed by atoms with Crippen LogP contribution in [-0.4, -0.2) is 12.2 Å². The van der Waals surface area contributed by atoms with Gasteiger partial charge in [-0.15, -0.1) is 0 Å². The van der Waals surface area contributed by atoms with Crippen LogP contribution in [0.1, 0.15) is 5.76 Å². The average Bonchev–Trinajstić information content (AvgIpc) is 3.04. The lowest BCUT2D eigenvalue weighted by Gasteiger charge is -2.03. The van der Waals surface area contributed by atoms with E-state index in [2.05, 4.69) is 31.8 Å². The van der Waals surface area contributed by atoms with Crippen LogP contribution in [0.4, 0.5) is 10.5 Å². The Morgan fingerprint density at radius 3 is 2.73 bits per heavy atom. The van der Waals surface area contributed by atoms with E-state index in [1.807, 2.05) is 42.5 Å². The van der Waals surface area contributed by atoms with E-state index in [4.69, 9.17) is 16.0 Å². The Kier molecular flexibility index (Phi) is 6.38. The number of benzene rings is 2. The van der Waals surface area contributed by atoms with Crippen LogP contribution in [0.5, 0.6) is 0 Å². The molecule has 1 aromatic heterocycles. The van der Waals surface area contributed by atoms with Gasteiger partial charge in [-0.05, 0) is 54.6 Å². The summed E-state index contributed by atoms with van der Waals surface area (Å²) >= 11 is 10.7. The zero-order valence-corrected chi connectivity index (χ0v) is 16.4. The molecule has 1 heterocycles. The summed E-state index contributed by atoms with van der Waals surface area (Å²) in [7, 11) is 0. The van der Waals surface area contributed by atoms with Crippen molar-refractivity contribution < 1.29 is 9.21 Å². The lowest BCUT2D eigenvalue weighted by atomic mass is 10.3. The van der Waals surface area contributed by atoms with E-state index in [1.165, 1.54) is 18.0 Å². The van der Waals surface area contributed by atoms with Crippen molar-refractivity contribution >= 4 is 57.2 Å². The monoisotopic (exact) mass is 449 g/mol. The van der Waals surface area contributed by atoms with E-state index < -0.39 is 6.03 Å². The average molecular weight is 451 g/mol. The largest absolute Gasteiger partial charge is 0.448 e. The highest BCUT2D eigenvalue weighted by Gasteiger charge is 2.04. The molecule has 0 aliphatic rings. The van der Waals surface area contributed by atoms with Gasteiger partial charge in [0.15, 0.2) is 5.09 Å². The summed E-state index contributed by atoms with van der Waals surface area (Å²) in [6.45, 7) is 0. The number of furan rings is 1. The summed E-state index contributed by atoms with van der Waals surface area (Å²) < 4.78 is 6.51. The van der Waals surface area contributed by atoms with Crippen molar-refractivity contribution in [2.75, 3.05) is 5.32 Å². The molecule has 132 valence electrons. The lowest BCUT2D eigenvalue weighted by Crippen LogP contribution is -2.24. The highest BCUT2D eigenvalue weighted by molar-refractivity contribution is 9.10. The number of carbonyl (C=O) groups excluding carboxylic acids is 1. The molecule has 0 fully saturated rings. The first-order valence-electron chi connectivity index (χ1n) is 7.47. The highest BCUT2D eigenvalue weighted by atomic mass is 79.9. The number of nitrogens with zero attached hydrogens (tertiary/aromatic N) is 1. The van der Waals surface area contributed by atoms with E-state index in [9.17, 15) is 4.79 Å². The third-order valence-corrected chi connectivity index (χ3v) is 4.75. The van der Waals surface area contributed by atoms with Crippen molar-refractivity contribution in [1.82, 2.24) is 5.43 Å². The molecule has 0 saturated heterocycles. The maximum absolute atomic E-state index is 11.8. The van der Waals surface area contributed by atoms with Gasteiger partial charge in [-0.3, -0.25) is 0 Å². The van der Waals surface area contributed by atoms with E-state index in [0.29, 0.717) is 21.6 Å². The van der Waals surface area contributed by atoms with E-state index in [1.54, 1.807) is 18.2 Å². The molecule has 2 N–H and O–H groups in total. The first-order valence-corrected chi connectivity index (χ1v) is 9.46. The molecule has 0 radical (unpaired) electrons. The molecule has 0 aliphatic heterocycles. The summed E-state index contributed by atoms with van der Waals surface area (Å²) in [5.41, 5.74) is 3.05. The molecule has 0 saturated carbocycles. The van der Waals surface area contributed by atoms with Crippen molar-refractivity contribution in [3.8, 4) is 0 Å². The molecule has 2 aromatic carbocycles. The predicted molar refractivity (Wildman–Crippen MR) is 108 cm³/mol. The molecule has 0 atom stereocenters. The van der Waals surface area contributed by atoms with Crippen LogP contribution in [-0.2, 0) is 0 Å². The van der Waals surface area contributed by atoms with Gasteiger partial charge < -0.3 is 9.73 Å². The molecule has 0 unspecified atom stereocenters. The fraction of sp³-hybridized carbons (Fsp3) is 0. The number of urea groups is 1. The highest BCUT2D eigenvalue weighted by Crippen LogP contribution is 2.29. The van der Waals surface area contributed by atoms with Crippen LogP contribution < -0.4 is 10.7 Å². The summed E-state index contributed by atoms with van der Waals surface area (Å²) in [6, 6.07) is 17.9. The number of halogens is 2. The molecule has 3 aromatic rings. The molecular formula is C18H13BrClN3O2S. The molecular weight excluding hydrogens is 438 g/mol. The number of nitrogens with one attached hydrogen (secondary N) is 2. The van der Waals surface area contributed by atoms with Gasteiger partial charge in [-0.25, -0.2) is 10.2 Å². The zero-order chi connectivity index (χ0) is 18.4. The number of amides is 2. The Morgan fingerprint density at radius 2 is 1.96 bits per heavy atom. The molecule has 0 bridgehead atoms. The summed E-state index contributed by atoms with van der Waals surface area (Å²) in [6.07, 6.45) is 1.44. The van der Waals surface area contributed by atoms with Gasteiger partial charge in [0.05, 0.1) is 6.21 Å². The normalized spacial score (nSPS) is 10.8. The predicted octanol–water partition coefficient (Wildman–Crippen LogP) is 6.00. The van der Waals surface area contributed by atoms with Crippen LogP contribution in [0, 0.1) is 0 Å². The molecule has 5 nitrogen and oxygen atoms in total. The second kappa shape index (κ2) is 8.93. The summed E-state index contributed by atoms with van der Waals surface area (Å²) in [4.78, 5) is 12.8. The molecule has 26 heavy (non-hydrogen) atoms. The van der Waals surface area contributed by atoms with Crippen LogP contribution in [0.3, 0.4) is 0 Å². The summed E-state index contributed by atoms with van der Waals surface area (Å²) in [5, 5.41) is 7.95. The number of hydrazone groups is 1. The van der Waals surface area contributed by atoms with Crippen molar-refractivity contribution in [3.63, 3.8) is 0 Å². The topological polar surface area (TPSA) is 66.6 Å². The Labute approximate surface area is 167 Å². The fourth-order valence-electron chi connectivity index (χ4n) is 1.96. The minimum atomic E-state index is -0.443. The van der Waals surface area contributed by atoms with Crippen LogP contribution in [0.25, 0.3) is 0 Å². The second-order valence-electron chi connectivity index (χ2n) is 5.05. The van der Waals surface area contributed by atoms with Crippen molar-refractivity contribution in [1.29, 1.82) is 0 Å². The number of carbonyl (C=O) groups is 1. The number of anilines is 1. The zero-order valence-electron chi connectivity index (χ0n) is 13.3. The standard InChI is InChI=1S/C18H13BrClN3O2S/c19-12-2-1-3-14(10-12)22-18(24)23-21-11-15-6-9-17(25-15)26-16-7-4-13(20)5-8-16/h1-11H,(H2,22,23,24)/b21-11+. The van der Waals surface area contributed by atoms with Gasteiger partial charge in [0.1, 0.15) is 5.76 Å². The quantitative estimate of drug-likeness (QED) is 0.370. The van der Waals surface area contributed by atoms with Gasteiger partial charge in [0, 0.05) is 20.1 Å². The SMILES string of the molecule is O=C(N/N=C/c1ccc(Sc2ccc(Cl)cc2)o1)Nc1cccc(Br)c1. The van der Waals surface area contributed by atoms with Gasteiger partial charge in [-0.1, -0.05) is 45.4 Å². The van der Waals surface area contributed by atoms with Gasteiger partial charge in [0.2, 0.25) is 0 Å². The number of hydrogen-bond acceptors (Lipinski definition) is 4. The minimum absolute atomic E-state index is 0.443. The maximum atomic E-state index is 11.8. The third-order valence-electron chi connectivity index (χ3n) is 3.07. The van der Waals surface area contributed by atoms with Crippen molar-refractivity contribution in [3.05, 3.63) is 75.9 Å². The first-order chi connectivity index (χ1) is 12.6. The van der Waals surface area contributed by atoms with Crippen molar-refractivity contribution in [2.45, 2.75) is 9.99 Å². The van der Waals surface area contributed by atoms with Crippen LogP contribution in [0.15, 0.2) is 84.6 Å². The smallest absolute Gasteiger partial charge is 0.339 e. The molecule has 0 aliphatic carbocycles. The van der Waals surface area contributed by atoms with Crippen LogP contribution >= 0.6 is 39.3 Å². The first kappa shape index (κ1) is 18.6. The molecule has 3 rings (SSSR count). The Bertz CT molecular complexity index is 928. The van der Waals surface area contributed by atoms with Crippen molar-refractivity contribution in [2.24, 2.45) is 5.10 Å². The number of hydrogen-bond donors (Lipinski definition) is 2. The molecule has 8 heteroatoms. The van der Waals surface area contributed by atoms with Gasteiger partial charge in [0.25, 0.3) is 0 Å². The molecule has 2 amide bonds. The Balaban J connectivity index is 1.51. The fourth-order valence-corrected chi connectivity index (χ4v) is 3.26. The molecule has 0 spiro atoms. The lowest BCUT2D eigenvalue weighted by molar-refractivity contribution is 0.252. The number of rotatable bonds is 5. The van der Waals surface area contributed by atoms with Gasteiger partial charge >= 0.3 is 6.03 Å². The maximum Gasteiger partial charge on any atom is 0.339 e. The van der Waals surface area contributed by atoms with Crippen LogP contribution in [0.2, 0.25) is 5.02 Å².